The smallest absolute Gasteiger partial charge is 0.293 e. The van der Waals surface area contributed by atoms with Crippen LogP contribution >= 0.6 is 11.8 Å². The van der Waals surface area contributed by atoms with Gasteiger partial charge in [-0.3, -0.25) is 19.3 Å². The van der Waals surface area contributed by atoms with Crippen molar-refractivity contribution in [3.63, 3.8) is 0 Å². The topological polar surface area (TPSA) is 75.7 Å². The van der Waals surface area contributed by atoms with Gasteiger partial charge in [-0.2, -0.15) is 0 Å². The fraction of sp³-hybridized carbons (Fsp3) is 0.227. The number of rotatable bonds is 7. The number of nitrogens with one attached hydrogen (secondary N) is 1. The number of methoxy groups -OCH3 is 1. The summed E-state index contributed by atoms with van der Waals surface area (Å²) in [7, 11) is 1.58. The molecule has 0 spiro atoms. The number of hydrogen-bond acceptors (Lipinski definition) is 5. The number of ether oxygens (including phenoxy) is 1. The molecule has 1 N–H and O–H groups in total. The van der Waals surface area contributed by atoms with E-state index in [2.05, 4.69) is 5.32 Å². The molecular weight excluding hydrogens is 388 g/mol. The highest BCUT2D eigenvalue weighted by Crippen LogP contribution is 2.32. The van der Waals surface area contributed by atoms with Crippen LogP contribution in [0.25, 0.3) is 6.08 Å². The number of nitrogens with zero attached hydrogens (tertiary/aromatic N) is 1. The lowest BCUT2D eigenvalue weighted by molar-refractivity contribution is -0.124. The summed E-state index contributed by atoms with van der Waals surface area (Å²) in [5, 5.41) is 2.43. The van der Waals surface area contributed by atoms with Crippen LogP contribution < -0.4 is 10.1 Å². The molecule has 0 aliphatic carbocycles. The monoisotopic (exact) mass is 410 g/mol. The Balaban J connectivity index is 1.52. The molecule has 150 valence electrons. The Kier molecular flexibility index (Phi) is 6.72. The third-order valence-electron chi connectivity index (χ3n) is 4.43. The predicted octanol–water partition coefficient (Wildman–Crippen LogP) is 3.40. The van der Waals surface area contributed by atoms with Gasteiger partial charge in [0.25, 0.3) is 11.1 Å². The van der Waals surface area contributed by atoms with Crippen LogP contribution in [-0.4, -0.2) is 42.2 Å². The van der Waals surface area contributed by atoms with Gasteiger partial charge in [-0.15, -0.1) is 0 Å². The number of benzene rings is 2. The van der Waals surface area contributed by atoms with Gasteiger partial charge < -0.3 is 10.1 Å². The summed E-state index contributed by atoms with van der Waals surface area (Å²) in [5.41, 5.74) is 2.86. The number of thioether (sulfide) groups is 1. The molecule has 3 rings (SSSR count). The van der Waals surface area contributed by atoms with Crippen molar-refractivity contribution in [1.29, 1.82) is 0 Å². The van der Waals surface area contributed by atoms with Gasteiger partial charge in [-0.05, 0) is 48.0 Å². The fourth-order valence-electron chi connectivity index (χ4n) is 2.81. The minimum Gasteiger partial charge on any atom is -0.497 e. The van der Waals surface area contributed by atoms with Crippen molar-refractivity contribution in [2.24, 2.45) is 0 Å². The van der Waals surface area contributed by atoms with Crippen LogP contribution in [0.2, 0.25) is 0 Å². The molecule has 1 aliphatic heterocycles. The highest BCUT2D eigenvalue weighted by molar-refractivity contribution is 8.18. The van der Waals surface area contributed by atoms with E-state index in [1.165, 1.54) is 0 Å². The van der Waals surface area contributed by atoms with E-state index >= 15 is 0 Å². The van der Waals surface area contributed by atoms with E-state index in [0.717, 1.165) is 39.1 Å². The molecule has 2 aromatic carbocycles. The van der Waals surface area contributed by atoms with E-state index in [1.54, 1.807) is 25.3 Å². The Hall–Kier alpha value is -3.06. The maximum atomic E-state index is 12.5. The van der Waals surface area contributed by atoms with Crippen LogP contribution in [0.3, 0.4) is 0 Å². The zero-order valence-corrected chi connectivity index (χ0v) is 17.1. The average molecular weight is 410 g/mol. The summed E-state index contributed by atoms with van der Waals surface area (Å²) < 4.78 is 5.11. The molecule has 29 heavy (non-hydrogen) atoms. The van der Waals surface area contributed by atoms with Gasteiger partial charge in [-0.25, -0.2) is 0 Å². The molecule has 0 radical (unpaired) electrons. The van der Waals surface area contributed by atoms with Gasteiger partial charge >= 0.3 is 0 Å². The quantitative estimate of drug-likeness (QED) is 0.708. The molecule has 0 atom stereocenters. The molecule has 1 saturated heterocycles. The number of carbonyl (C=O) groups excluding carboxylic acids is 3. The molecule has 0 aromatic heterocycles. The molecule has 3 amide bonds. The zero-order valence-electron chi connectivity index (χ0n) is 16.3. The normalized spacial score (nSPS) is 15.1. The highest BCUT2D eigenvalue weighted by Gasteiger charge is 2.34. The van der Waals surface area contributed by atoms with Crippen LogP contribution in [-0.2, 0) is 16.0 Å². The Morgan fingerprint density at radius 3 is 2.45 bits per heavy atom. The summed E-state index contributed by atoms with van der Waals surface area (Å²) >= 11 is 0.904. The Labute approximate surface area is 173 Å². The minimum atomic E-state index is -0.344. The lowest BCUT2D eigenvalue weighted by atomic mass is 10.1. The maximum Gasteiger partial charge on any atom is 0.293 e. The van der Waals surface area contributed by atoms with E-state index in [4.69, 9.17) is 4.74 Å². The highest BCUT2D eigenvalue weighted by atomic mass is 32.2. The number of amides is 3. The maximum absolute atomic E-state index is 12.5. The van der Waals surface area contributed by atoms with Gasteiger partial charge in [-0.1, -0.05) is 42.0 Å². The second-order valence-electron chi connectivity index (χ2n) is 6.62. The van der Waals surface area contributed by atoms with Crippen LogP contribution in [0.4, 0.5) is 4.79 Å². The molecule has 2 aromatic rings. The van der Waals surface area contributed by atoms with E-state index in [9.17, 15) is 14.4 Å². The largest absolute Gasteiger partial charge is 0.497 e. The van der Waals surface area contributed by atoms with E-state index in [0.29, 0.717) is 4.91 Å². The Morgan fingerprint density at radius 2 is 1.79 bits per heavy atom. The van der Waals surface area contributed by atoms with Crippen molar-refractivity contribution >= 4 is 34.9 Å². The molecule has 0 saturated carbocycles. The summed E-state index contributed by atoms with van der Waals surface area (Å²) in [4.78, 5) is 38.3. The van der Waals surface area contributed by atoms with E-state index in [-0.39, 0.29) is 36.6 Å². The lowest BCUT2D eigenvalue weighted by Gasteiger charge is -2.13. The van der Waals surface area contributed by atoms with Gasteiger partial charge in [0.15, 0.2) is 0 Å². The average Bonchev–Trinajstić information content (AvgIpc) is 2.97. The molecule has 0 unspecified atom stereocenters. The first-order chi connectivity index (χ1) is 14.0. The summed E-state index contributed by atoms with van der Waals surface area (Å²) in [5.74, 6) is 0.231. The van der Waals surface area contributed by atoms with Gasteiger partial charge in [0.1, 0.15) is 5.75 Å². The van der Waals surface area contributed by atoms with Gasteiger partial charge in [0.05, 0.1) is 18.4 Å². The molecule has 1 heterocycles. The molecule has 1 aliphatic rings. The van der Waals surface area contributed by atoms with Crippen molar-refractivity contribution < 1.29 is 19.1 Å². The van der Waals surface area contributed by atoms with Crippen molar-refractivity contribution in [1.82, 2.24) is 10.2 Å². The molecule has 1 fully saturated rings. The minimum absolute atomic E-state index is 0.143. The van der Waals surface area contributed by atoms with Crippen molar-refractivity contribution in [2.75, 3.05) is 20.2 Å². The standard InChI is InChI=1S/C22H22N2O4S/c1-15-3-5-17(6-4-15)14-20(25)23-11-12-24-21(26)19(29-22(24)27)13-16-7-9-18(28-2)10-8-16/h3-10,13H,11-12,14H2,1-2H3,(H,23,25). The van der Waals surface area contributed by atoms with Gasteiger partial charge in [0, 0.05) is 13.1 Å². The number of hydrogen-bond donors (Lipinski definition) is 1. The third-order valence-corrected chi connectivity index (χ3v) is 5.34. The lowest BCUT2D eigenvalue weighted by Crippen LogP contribution is -2.37. The Morgan fingerprint density at radius 1 is 1.10 bits per heavy atom. The van der Waals surface area contributed by atoms with Crippen molar-refractivity contribution in [3.05, 3.63) is 70.1 Å². The number of carbonyl (C=O) groups is 3. The first kappa shape index (κ1) is 20.7. The summed E-state index contributed by atoms with van der Waals surface area (Å²) in [6.45, 7) is 2.35. The summed E-state index contributed by atoms with van der Waals surface area (Å²) in [6.07, 6.45) is 1.94. The van der Waals surface area contributed by atoms with Crippen molar-refractivity contribution in [2.45, 2.75) is 13.3 Å². The predicted molar refractivity (Wildman–Crippen MR) is 114 cm³/mol. The van der Waals surface area contributed by atoms with Crippen LogP contribution in [0.5, 0.6) is 5.75 Å². The fourth-order valence-corrected chi connectivity index (χ4v) is 3.67. The van der Waals surface area contributed by atoms with Gasteiger partial charge in [0.2, 0.25) is 5.91 Å². The molecule has 7 heteroatoms. The van der Waals surface area contributed by atoms with E-state index in [1.807, 2.05) is 43.3 Å². The molecule has 6 nitrogen and oxygen atoms in total. The number of aryl methyl sites for hydroxylation is 1. The number of imide groups is 1. The molecular formula is C22H22N2O4S. The third kappa shape index (κ3) is 5.48. The summed E-state index contributed by atoms with van der Waals surface area (Å²) in [6, 6.07) is 15.0. The molecule has 0 bridgehead atoms. The first-order valence-electron chi connectivity index (χ1n) is 9.18. The van der Waals surface area contributed by atoms with Crippen LogP contribution in [0, 0.1) is 6.92 Å². The van der Waals surface area contributed by atoms with Crippen LogP contribution in [0.15, 0.2) is 53.4 Å². The Bertz CT molecular complexity index is 936. The first-order valence-corrected chi connectivity index (χ1v) is 9.99. The SMILES string of the molecule is COc1ccc(C=C2SC(=O)N(CCNC(=O)Cc3ccc(C)cc3)C2=O)cc1. The van der Waals surface area contributed by atoms with Crippen LogP contribution in [0.1, 0.15) is 16.7 Å². The second kappa shape index (κ2) is 9.43. The van der Waals surface area contributed by atoms with Crippen molar-refractivity contribution in [3.8, 4) is 5.75 Å². The zero-order chi connectivity index (χ0) is 20.8. The van der Waals surface area contributed by atoms with E-state index < -0.39 is 0 Å². The second-order valence-corrected chi connectivity index (χ2v) is 7.61.